The number of halogens is 3. The lowest BCUT2D eigenvalue weighted by Gasteiger charge is -2.09. The van der Waals surface area contributed by atoms with E-state index in [1.165, 1.54) is 35.1 Å². The minimum atomic E-state index is -4.44. The first-order valence-corrected chi connectivity index (χ1v) is 7.09. The van der Waals surface area contributed by atoms with Gasteiger partial charge in [0.25, 0.3) is 0 Å². The highest BCUT2D eigenvalue weighted by molar-refractivity contribution is 5.95. The SMILES string of the molecule is CCOC(=O)c1cnn2c(-c3cccc(C(F)(F)F)c3)ccnc12. The van der Waals surface area contributed by atoms with Crippen LogP contribution < -0.4 is 0 Å². The molecule has 3 aromatic rings. The van der Waals surface area contributed by atoms with E-state index in [2.05, 4.69) is 10.1 Å². The second kappa shape index (κ2) is 5.95. The van der Waals surface area contributed by atoms with Crippen LogP contribution in [0.25, 0.3) is 16.9 Å². The summed E-state index contributed by atoms with van der Waals surface area (Å²) in [7, 11) is 0. The highest BCUT2D eigenvalue weighted by Gasteiger charge is 2.30. The van der Waals surface area contributed by atoms with Gasteiger partial charge in [0, 0.05) is 11.8 Å². The number of carbonyl (C=O) groups is 1. The third kappa shape index (κ3) is 2.82. The zero-order chi connectivity index (χ0) is 17.3. The molecule has 2 heterocycles. The molecule has 1 aromatic carbocycles. The summed E-state index contributed by atoms with van der Waals surface area (Å²) in [6.07, 6.45) is -1.74. The molecule has 0 spiro atoms. The number of hydrogen-bond donors (Lipinski definition) is 0. The zero-order valence-corrected chi connectivity index (χ0v) is 12.5. The molecule has 0 amide bonds. The van der Waals surface area contributed by atoms with Gasteiger partial charge in [0.1, 0.15) is 5.56 Å². The van der Waals surface area contributed by atoms with Crippen molar-refractivity contribution < 1.29 is 22.7 Å². The molecule has 0 N–H and O–H groups in total. The van der Waals surface area contributed by atoms with Gasteiger partial charge in [-0.2, -0.15) is 18.3 Å². The van der Waals surface area contributed by atoms with Crippen LogP contribution in [0.3, 0.4) is 0 Å². The molecular weight excluding hydrogens is 323 g/mol. The fraction of sp³-hybridized carbons (Fsp3) is 0.188. The van der Waals surface area contributed by atoms with Crippen molar-refractivity contribution >= 4 is 11.6 Å². The lowest BCUT2D eigenvalue weighted by Crippen LogP contribution is -2.06. The zero-order valence-electron chi connectivity index (χ0n) is 12.5. The van der Waals surface area contributed by atoms with Gasteiger partial charge in [0.15, 0.2) is 5.65 Å². The van der Waals surface area contributed by atoms with Crippen molar-refractivity contribution in [1.29, 1.82) is 0 Å². The van der Waals surface area contributed by atoms with Crippen molar-refractivity contribution in [2.75, 3.05) is 6.61 Å². The molecule has 0 saturated carbocycles. The molecule has 0 saturated heterocycles. The second-order valence-electron chi connectivity index (χ2n) is 4.92. The maximum absolute atomic E-state index is 12.9. The van der Waals surface area contributed by atoms with Crippen molar-refractivity contribution in [2.45, 2.75) is 13.1 Å². The fourth-order valence-electron chi connectivity index (χ4n) is 2.32. The van der Waals surface area contributed by atoms with Gasteiger partial charge in [0.2, 0.25) is 0 Å². The van der Waals surface area contributed by atoms with Crippen molar-refractivity contribution in [3.8, 4) is 11.3 Å². The highest BCUT2D eigenvalue weighted by atomic mass is 19.4. The van der Waals surface area contributed by atoms with Gasteiger partial charge in [-0.05, 0) is 25.1 Å². The maximum atomic E-state index is 12.9. The molecule has 0 aliphatic heterocycles. The van der Waals surface area contributed by atoms with Crippen LogP contribution >= 0.6 is 0 Å². The van der Waals surface area contributed by atoms with Gasteiger partial charge >= 0.3 is 12.1 Å². The van der Waals surface area contributed by atoms with Gasteiger partial charge in [-0.1, -0.05) is 12.1 Å². The van der Waals surface area contributed by atoms with Gasteiger partial charge in [-0.25, -0.2) is 14.3 Å². The van der Waals surface area contributed by atoms with Crippen LogP contribution in [-0.4, -0.2) is 27.2 Å². The minimum Gasteiger partial charge on any atom is -0.462 e. The Hall–Kier alpha value is -2.90. The first-order chi connectivity index (χ1) is 11.4. The van der Waals surface area contributed by atoms with E-state index in [9.17, 15) is 18.0 Å². The molecular formula is C16H12F3N3O2. The van der Waals surface area contributed by atoms with Crippen molar-refractivity contribution in [2.24, 2.45) is 0 Å². The molecule has 124 valence electrons. The first kappa shape index (κ1) is 16.0. The quantitative estimate of drug-likeness (QED) is 0.687. The summed E-state index contributed by atoms with van der Waals surface area (Å²) in [6, 6.07) is 6.41. The van der Waals surface area contributed by atoms with Crippen LogP contribution in [0.2, 0.25) is 0 Å². The Bertz CT molecular complexity index is 903. The van der Waals surface area contributed by atoms with E-state index in [0.717, 1.165) is 12.1 Å². The first-order valence-electron chi connectivity index (χ1n) is 7.09. The van der Waals surface area contributed by atoms with Gasteiger partial charge in [-0.15, -0.1) is 0 Å². The Balaban J connectivity index is 2.13. The number of aromatic nitrogens is 3. The average Bonchev–Trinajstić information content (AvgIpc) is 2.98. The van der Waals surface area contributed by atoms with Crippen molar-refractivity contribution in [3.05, 3.63) is 53.9 Å². The lowest BCUT2D eigenvalue weighted by molar-refractivity contribution is -0.137. The standard InChI is InChI=1S/C16H12F3N3O2/c1-2-24-15(23)12-9-21-22-13(6-7-20-14(12)22)10-4-3-5-11(8-10)16(17,18)19/h3-9H,2H2,1H3. The Morgan fingerprint density at radius 3 is 2.79 bits per heavy atom. The number of ether oxygens (including phenoxy) is 1. The fourth-order valence-corrected chi connectivity index (χ4v) is 2.32. The molecule has 3 rings (SSSR count). The van der Waals surface area contributed by atoms with Crippen LogP contribution in [0.15, 0.2) is 42.7 Å². The van der Waals surface area contributed by atoms with Crippen molar-refractivity contribution in [3.63, 3.8) is 0 Å². The van der Waals surface area contributed by atoms with Crippen molar-refractivity contribution in [1.82, 2.24) is 14.6 Å². The van der Waals surface area contributed by atoms with Crippen LogP contribution in [-0.2, 0) is 10.9 Å². The Labute approximate surface area is 134 Å². The van der Waals surface area contributed by atoms with Gasteiger partial charge < -0.3 is 4.74 Å². The highest BCUT2D eigenvalue weighted by Crippen LogP contribution is 2.32. The molecule has 0 atom stereocenters. The van der Waals surface area contributed by atoms with E-state index in [4.69, 9.17) is 4.74 Å². The third-order valence-corrected chi connectivity index (χ3v) is 3.38. The molecule has 5 nitrogen and oxygen atoms in total. The summed E-state index contributed by atoms with van der Waals surface area (Å²) in [5, 5.41) is 4.06. The number of fused-ring (bicyclic) bond motifs is 1. The van der Waals surface area contributed by atoms with Crippen LogP contribution in [0.4, 0.5) is 13.2 Å². The Morgan fingerprint density at radius 1 is 1.29 bits per heavy atom. The summed E-state index contributed by atoms with van der Waals surface area (Å²) >= 11 is 0. The molecule has 2 aromatic heterocycles. The van der Waals surface area contributed by atoms with Crippen LogP contribution in [0.5, 0.6) is 0 Å². The Kier molecular flexibility index (Phi) is 3.96. The molecule has 8 heteroatoms. The van der Waals surface area contributed by atoms with Gasteiger partial charge in [-0.3, -0.25) is 0 Å². The normalized spacial score (nSPS) is 11.7. The summed E-state index contributed by atoms with van der Waals surface area (Å²) in [5.74, 6) is -0.582. The third-order valence-electron chi connectivity index (χ3n) is 3.38. The number of nitrogens with zero attached hydrogens (tertiary/aromatic N) is 3. The summed E-state index contributed by atoms with van der Waals surface area (Å²) < 4.78 is 44.9. The smallest absolute Gasteiger partial charge is 0.416 e. The van der Waals surface area contributed by atoms with Gasteiger partial charge in [0.05, 0.1) is 24.1 Å². The number of rotatable bonds is 3. The van der Waals surface area contributed by atoms with Crippen LogP contribution in [0, 0.1) is 0 Å². The molecule has 0 bridgehead atoms. The lowest BCUT2D eigenvalue weighted by atomic mass is 10.1. The molecule has 0 unspecified atom stereocenters. The van der Waals surface area contributed by atoms with E-state index < -0.39 is 17.7 Å². The number of benzene rings is 1. The largest absolute Gasteiger partial charge is 0.462 e. The number of hydrogen-bond acceptors (Lipinski definition) is 4. The average molecular weight is 335 g/mol. The molecule has 0 fully saturated rings. The van der Waals surface area contributed by atoms with E-state index in [1.54, 1.807) is 6.92 Å². The Morgan fingerprint density at radius 2 is 2.08 bits per heavy atom. The topological polar surface area (TPSA) is 56.5 Å². The second-order valence-corrected chi connectivity index (χ2v) is 4.92. The van der Waals surface area contributed by atoms with Crippen LogP contribution in [0.1, 0.15) is 22.8 Å². The van der Waals surface area contributed by atoms with E-state index in [0.29, 0.717) is 11.3 Å². The maximum Gasteiger partial charge on any atom is 0.416 e. The summed E-state index contributed by atoms with van der Waals surface area (Å²) in [6.45, 7) is 1.87. The summed E-state index contributed by atoms with van der Waals surface area (Å²) in [4.78, 5) is 16.0. The predicted molar refractivity (Wildman–Crippen MR) is 79.4 cm³/mol. The molecule has 24 heavy (non-hydrogen) atoms. The minimum absolute atomic E-state index is 0.158. The predicted octanol–water partition coefficient (Wildman–Crippen LogP) is 3.59. The monoisotopic (exact) mass is 335 g/mol. The molecule has 0 radical (unpaired) electrons. The van der Waals surface area contributed by atoms with E-state index >= 15 is 0 Å². The number of alkyl halides is 3. The van der Waals surface area contributed by atoms with E-state index in [-0.39, 0.29) is 17.8 Å². The number of esters is 1. The number of carbonyl (C=O) groups excluding carboxylic acids is 1. The van der Waals surface area contributed by atoms with E-state index in [1.807, 2.05) is 0 Å². The summed E-state index contributed by atoms with van der Waals surface area (Å²) in [5.41, 5.74) is 0.328. The molecule has 0 aliphatic rings. The molecule has 0 aliphatic carbocycles.